The zero-order valence-corrected chi connectivity index (χ0v) is 36.0. The molecule has 398 valence electrons. The molecule has 0 aromatic rings. The molecule has 31 nitrogen and oxygen atoms in total. The predicted molar refractivity (Wildman–Crippen MR) is 204 cm³/mol. The molecule has 31 heteroatoms. The lowest BCUT2D eigenvalue weighted by Gasteiger charge is -2.44. The van der Waals surface area contributed by atoms with Crippen molar-refractivity contribution in [2.24, 2.45) is 0 Å². The van der Waals surface area contributed by atoms with E-state index >= 15 is 0 Å². The molecule has 0 aliphatic carbocycles. The van der Waals surface area contributed by atoms with Crippen LogP contribution in [0.1, 0.15) is 0 Å². The van der Waals surface area contributed by atoms with Gasteiger partial charge in [-0.1, -0.05) is 0 Å². The van der Waals surface area contributed by atoms with Crippen molar-refractivity contribution in [3.05, 3.63) is 0 Å². The summed E-state index contributed by atoms with van der Waals surface area (Å²) in [6.45, 7) is -4.38. The molecule has 6 aliphatic heterocycles. The van der Waals surface area contributed by atoms with E-state index < -0.39 is 224 Å². The third-order valence-corrected chi connectivity index (χ3v) is 12.5. The first kappa shape index (κ1) is 56.1. The Hall–Kier alpha value is -1.24. The molecule has 0 saturated carbocycles. The van der Waals surface area contributed by atoms with Gasteiger partial charge in [-0.15, -0.1) is 0 Å². The minimum absolute atomic E-state index is 0.606. The van der Waals surface area contributed by atoms with Gasteiger partial charge < -0.3 is 154 Å². The van der Waals surface area contributed by atoms with Gasteiger partial charge in [-0.25, -0.2) is 0 Å². The average molecular weight is 1000 g/mol. The molecule has 6 fully saturated rings. The van der Waals surface area contributed by atoms with Gasteiger partial charge in [0.25, 0.3) is 0 Å². The third kappa shape index (κ3) is 12.1. The summed E-state index contributed by atoms with van der Waals surface area (Å²) < 4.78 is 65.3. The highest BCUT2D eigenvalue weighted by atomic mass is 16.8. The molecule has 6 aliphatic rings. The second-order valence-electron chi connectivity index (χ2n) is 17.2. The highest BCUT2D eigenvalue weighted by Gasteiger charge is 2.52. The highest BCUT2D eigenvalue weighted by molar-refractivity contribution is 4.96. The van der Waals surface area contributed by atoms with Crippen LogP contribution in [0.25, 0.3) is 0 Å². The molecule has 6 saturated heterocycles. The Kier molecular flexibility index (Phi) is 19.9. The summed E-state index contributed by atoms with van der Waals surface area (Å²) in [4.78, 5) is 0. The molecule has 6 unspecified atom stereocenters. The maximum absolute atomic E-state index is 10.7. The molecule has 0 radical (unpaired) electrons. The molecule has 0 amide bonds. The van der Waals surface area contributed by atoms with Crippen LogP contribution < -0.4 is 0 Å². The zero-order chi connectivity index (χ0) is 50.0. The van der Waals surface area contributed by atoms with Crippen LogP contribution in [0.5, 0.6) is 0 Å². The van der Waals surface area contributed by atoms with Crippen LogP contribution in [0, 0.1) is 0 Å². The van der Waals surface area contributed by atoms with Gasteiger partial charge in [-0.2, -0.15) is 0 Å². The topological polar surface area (TPSA) is 495 Å². The normalized spacial score (nSPS) is 52.8. The van der Waals surface area contributed by atoms with Gasteiger partial charge >= 0.3 is 0 Å². The van der Waals surface area contributed by atoms with Gasteiger partial charge in [-0.3, -0.25) is 0 Å². The SMILES string of the molecule is CO[C@H]1O[C@H](CO[C@@H]2O[C@H](COC3O[C@H](CO[C@@H]4O[C@H](CO[C@@H]5O[C@H](CO[C@@H]6O[C@H](CO)[C@@H](O)[C@H](O)C6O)[C@@H](O)C(O)[C@H]5O)[C@@H](O)[C@H](O)C4O)[C@@H](O)[C@H](O)[C@H]3O)[C@@H](O)[C@H](O)C2O)[C@@H](O)C(O)[C@H]1O. The Morgan fingerprint density at radius 1 is 0.250 bits per heavy atom. The van der Waals surface area contributed by atoms with Crippen molar-refractivity contribution in [3.63, 3.8) is 0 Å². The number of hydrogen-bond donors (Lipinski definition) is 19. The van der Waals surface area contributed by atoms with Gasteiger partial charge in [0.05, 0.1) is 39.6 Å². The number of aliphatic hydroxyl groups excluding tert-OH is 19. The van der Waals surface area contributed by atoms with Gasteiger partial charge in [0.1, 0.15) is 146 Å². The fourth-order valence-corrected chi connectivity index (χ4v) is 8.17. The molecule has 6 rings (SSSR count). The van der Waals surface area contributed by atoms with Gasteiger partial charge in [0.15, 0.2) is 37.7 Å². The molecule has 30 atom stereocenters. The first-order valence-corrected chi connectivity index (χ1v) is 21.5. The smallest absolute Gasteiger partial charge is 0.186 e. The summed E-state index contributed by atoms with van der Waals surface area (Å²) in [5, 5.41) is 198. The summed E-state index contributed by atoms with van der Waals surface area (Å²) in [6, 6.07) is 0. The average Bonchev–Trinajstić information content (AvgIpc) is 3.33. The second-order valence-corrected chi connectivity index (χ2v) is 17.2. The van der Waals surface area contributed by atoms with Crippen molar-refractivity contribution in [2.45, 2.75) is 184 Å². The Bertz CT molecular complexity index is 1410. The van der Waals surface area contributed by atoms with E-state index in [4.69, 9.17) is 56.8 Å². The van der Waals surface area contributed by atoms with E-state index in [1.165, 1.54) is 0 Å². The van der Waals surface area contributed by atoms with E-state index in [1.54, 1.807) is 0 Å². The summed E-state index contributed by atoms with van der Waals surface area (Å²) in [6.07, 6.45) is -52.8. The Labute approximate surface area is 384 Å². The van der Waals surface area contributed by atoms with Gasteiger partial charge in [-0.05, 0) is 0 Å². The first-order chi connectivity index (χ1) is 32.1. The maximum Gasteiger partial charge on any atom is 0.186 e. The molecule has 0 bridgehead atoms. The van der Waals surface area contributed by atoms with E-state index in [1.807, 2.05) is 0 Å². The zero-order valence-electron chi connectivity index (χ0n) is 36.0. The highest BCUT2D eigenvalue weighted by Crippen LogP contribution is 2.31. The molecule has 19 N–H and O–H groups in total. The van der Waals surface area contributed by atoms with Crippen molar-refractivity contribution in [1.29, 1.82) is 0 Å². The summed E-state index contributed by atoms with van der Waals surface area (Å²) in [5.41, 5.74) is 0. The number of hydrogen-bond acceptors (Lipinski definition) is 31. The Morgan fingerprint density at radius 2 is 0.426 bits per heavy atom. The quantitative estimate of drug-likeness (QED) is 0.0643. The molecule has 0 aromatic carbocycles. The fourth-order valence-electron chi connectivity index (χ4n) is 8.17. The molecule has 0 aromatic heterocycles. The summed E-state index contributed by atoms with van der Waals surface area (Å²) in [7, 11) is 1.16. The third-order valence-electron chi connectivity index (χ3n) is 12.5. The van der Waals surface area contributed by atoms with E-state index in [0.29, 0.717) is 0 Å². The standard InChI is InChI=1S/C37H64O31/c1-57-32-26(51)21(46)15(40)9(64-32)3-59-34-28(53)23(48)17(42)11(66-34)5-61-36-30(55)25(50)19(44)13(68-36)7-62-37-31(56)24(49)18(43)12(67-37)6-60-35-29(54)22(47)16(41)10(65-35)4-58-33-27(52)20(45)14(39)8(2-38)63-33/h8-56H,2-7H2,1H3/t8-,9-,10-,11-,12-,13-,14-,15-,16-,17-,18-,19-,20+,21?,22?,23+,24+,25+,26-,27?,28?,29-,30-,31?,32+,33-,34-,35-,36?,37-/m1/s1. The molecule has 6 heterocycles. The van der Waals surface area contributed by atoms with Gasteiger partial charge in [0, 0.05) is 7.11 Å². The maximum atomic E-state index is 10.7. The van der Waals surface area contributed by atoms with Crippen molar-refractivity contribution >= 4 is 0 Å². The predicted octanol–water partition coefficient (Wildman–Crippen LogP) is -13.4. The number of ether oxygens (including phenoxy) is 12. The van der Waals surface area contributed by atoms with E-state index in [-0.39, 0.29) is 0 Å². The lowest BCUT2D eigenvalue weighted by atomic mass is 9.97. The summed E-state index contributed by atoms with van der Waals surface area (Å²) >= 11 is 0. The molecular weight excluding hydrogens is 940 g/mol. The van der Waals surface area contributed by atoms with Crippen LogP contribution in [-0.4, -0.2) is 328 Å². The monoisotopic (exact) mass is 1000 g/mol. The Balaban J connectivity index is 1.01. The number of aliphatic hydroxyl groups is 19. The van der Waals surface area contributed by atoms with Crippen molar-refractivity contribution in [1.82, 2.24) is 0 Å². The summed E-state index contributed by atoms with van der Waals surface area (Å²) in [5.74, 6) is 0. The van der Waals surface area contributed by atoms with E-state index in [0.717, 1.165) is 7.11 Å². The van der Waals surface area contributed by atoms with Crippen LogP contribution in [0.3, 0.4) is 0 Å². The lowest BCUT2D eigenvalue weighted by Crippen LogP contribution is -2.63. The van der Waals surface area contributed by atoms with E-state index in [9.17, 15) is 97.0 Å². The first-order valence-electron chi connectivity index (χ1n) is 21.5. The minimum atomic E-state index is -2.00. The van der Waals surface area contributed by atoms with Crippen LogP contribution in [0.15, 0.2) is 0 Å². The van der Waals surface area contributed by atoms with Crippen molar-refractivity contribution in [2.75, 3.05) is 46.8 Å². The fraction of sp³-hybridized carbons (Fsp3) is 1.00. The van der Waals surface area contributed by atoms with E-state index in [2.05, 4.69) is 0 Å². The van der Waals surface area contributed by atoms with Crippen molar-refractivity contribution < 1.29 is 154 Å². The number of methoxy groups -OCH3 is 1. The molecule has 0 spiro atoms. The minimum Gasteiger partial charge on any atom is -0.394 e. The van der Waals surface area contributed by atoms with Crippen LogP contribution in [0.2, 0.25) is 0 Å². The Morgan fingerprint density at radius 3 is 0.632 bits per heavy atom. The largest absolute Gasteiger partial charge is 0.394 e. The van der Waals surface area contributed by atoms with Crippen LogP contribution in [0.4, 0.5) is 0 Å². The molecular formula is C37H64O31. The van der Waals surface area contributed by atoms with Crippen molar-refractivity contribution in [3.8, 4) is 0 Å². The lowest BCUT2D eigenvalue weighted by molar-refractivity contribution is -0.352. The van der Waals surface area contributed by atoms with Gasteiger partial charge in [0.2, 0.25) is 0 Å². The van der Waals surface area contributed by atoms with Crippen LogP contribution >= 0.6 is 0 Å². The second kappa shape index (κ2) is 24.2. The number of rotatable bonds is 17. The van der Waals surface area contributed by atoms with Crippen LogP contribution in [-0.2, 0) is 56.8 Å². The molecule has 68 heavy (non-hydrogen) atoms.